The zero-order valence-electron chi connectivity index (χ0n) is 9.46. The lowest BCUT2D eigenvalue weighted by molar-refractivity contribution is 0.618. The smallest absolute Gasteiger partial charge is 0.181 e. The van der Waals surface area contributed by atoms with E-state index in [2.05, 4.69) is 10.0 Å². The van der Waals surface area contributed by atoms with Crippen molar-refractivity contribution in [2.45, 2.75) is 9.79 Å². The van der Waals surface area contributed by atoms with Gasteiger partial charge in [-0.05, 0) is 47.0 Å². The van der Waals surface area contributed by atoms with Crippen LogP contribution < -0.4 is 10.0 Å². The summed E-state index contributed by atoms with van der Waals surface area (Å²) < 4.78 is 14.0. The Morgan fingerprint density at radius 2 is 1.61 bits per heavy atom. The molecule has 1 heterocycles. The van der Waals surface area contributed by atoms with E-state index in [1.165, 1.54) is 0 Å². The molecule has 0 spiro atoms. The standard InChI is InChI=1S/C13H12N2OS2/c16-18(10-6-2-1-3-7-10)12-9-5-4-8-11(12)14-13(17)15-18/h1-9,16H,(H2,14,15,17). The SMILES string of the molecule is OS1(c2ccccc2)NC(=S)Nc2ccccc21. The van der Waals surface area contributed by atoms with Crippen molar-refractivity contribution in [2.24, 2.45) is 0 Å². The molecule has 0 aliphatic carbocycles. The highest BCUT2D eigenvalue weighted by Crippen LogP contribution is 2.59. The number of anilines is 1. The van der Waals surface area contributed by atoms with Crippen LogP contribution in [0.3, 0.4) is 0 Å². The van der Waals surface area contributed by atoms with Gasteiger partial charge in [0.1, 0.15) is 0 Å². The number of hydrogen-bond acceptors (Lipinski definition) is 2. The van der Waals surface area contributed by atoms with Crippen molar-refractivity contribution in [3.8, 4) is 0 Å². The van der Waals surface area contributed by atoms with Crippen molar-refractivity contribution in [1.29, 1.82) is 0 Å². The van der Waals surface area contributed by atoms with Crippen LogP contribution in [0.15, 0.2) is 64.4 Å². The Morgan fingerprint density at radius 1 is 0.944 bits per heavy atom. The lowest BCUT2D eigenvalue weighted by Gasteiger charge is -2.41. The lowest BCUT2D eigenvalue weighted by atomic mass is 10.3. The molecule has 1 unspecified atom stereocenters. The van der Waals surface area contributed by atoms with Gasteiger partial charge in [0.25, 0.3) is 0 Å². The average molecular weight is 276 g/mol. The van der Waals surface area contributed by atoms with Crippen LogP contribution in [-0.2, 0) is 0 Å². The fraction of sp³-hybridized carbons (Fsp3) is 0. The van der Waals surface area contributed by atoms with Crippen molar-refractivity contribution in [3.05, 3.63) is 54.6 Å². The maximum atomic E-state index is 11.0. The van der Waals surface area contributed by atoms with Gasteiger partial charge in [-0.15, -0.1) is 0 Å². The van der Waals surface area contributed by atoms with E-state index in [1.54, 1.807) is 0 Å². The van der Waals surface area contributed by atoms with Crippen LogP contribution in [0.2, 0.25) is 0 Å². The minimum absolute atomic E-state index is 0.454. The molecule has 1 atom stereocenters. The third kappa shape index (κ3) is 1.77. The first-order chi connectivity index (χ1) is 8.70. The van der Waals surface area contributed by atoms with Gasteiger partial charge in [0.2, 0.25) is 0 Å². The first-order valence-electron chi connectivity index (χ1n) is 5.49. The molecule has 0 aromatic heterocycles. The molecule has 5 heteroatoms. The molecule has 1 aliphatic rings. The number of fused-ring (bicyclic) bond motifs is 1. The second-order valence-corrected chi connectivity index (χ2v) is 6.63. The molecule has 3 rings (SSSR count). The Labute approximate surface area is 113 Å². The highest BCUT2D eigenvalue weighted by atomic mass is 32.3. The molecule has 92 valence electrons. The van der Waals surface area contributed by atoms with E-state index in [0.29, 0.717) is 5.11 Å². The van der Waals surface area contributed by atoms with Gasteiger partial charge >= 0.3 is 0 Å². The predicted octanol–water partition coefficient (Wildman–Crippen LogP) is 3.60. The van der Waals surface area contributed by atoms with Crippen LogP contribution in [0, 0.1) is 0 Å². The molecule has 0 radical (unpaired) electrons. The fourth-order valence-electron chi connectivity index (χ4n) is 1.97. The molecule has 3 N–H and O–H groups in total. The topological polar surface area (TPSA) is 44.3 Å². The van der Waals surface area contributed by atoms with Crippen LogP contribution in [0.1, 0.15) is 0 Å². The average Bonchev–Trinajstić information content (AvgIpc) is 2.39. The maximum Gasteiger partial charge on any atom is 0.181 e. The lowest BCUT2D eigenvalue weighted by Crippen LogP contribution is -2.36. The second kappa shape index (κ2) is 4.28. The fourth-order valence-corrected chi connectivity index (χ4v) is 4.50. The summed E-state index contributed by atoms with van der Waals surface area (Å²) in [4.78, 5) is 1.70. The minimum atomic E-state index is -2.28. The van der Waals surface area contributed by atoms with E-state index in [-0.39, 0.29) is 0 Å². The van der Waals surface area contributed by atoms with Crippen LogP contribution in [0.4, 0.5) is 5.69 Å². The van der Waals surface area contributed by atoms with E-state index in [0.717, 1.165) is 15.5 Å². The first-order valence-corrected chi connectivity index (χ1v) is 7.49. The molecule has 1 aliphatic heterocycles. The number of rotatable bonds is 1. The van der Waals surface area contributed by atoms with E-state index >= 15 is 0 Å². The molecule has 18 heavy (non-hydrogen) atoms. The quantitative estimate of drug-likeness (QED) is 0.696. The van der Waals surface area contributed by atoms with Gasteiger partial charge in [-0.1, -0.05) is 30.3 Å². The van der Waals surface area contributed by atoms with Gasteiger partial charge in [-0.25, -0.2) is 0 Å². The number of benzene rings is 2. The molecule has 3 nitrogen and oxygen atoms in total. The molecule has 2 aromatic carbocycles. The van der Waals surface area contributed by atoms with Crippen LogP contribution in [0.25, 0.3) is 0 Å². The van der Waals surface area contributed by atoms with Crippen molar-refractivity contribution in [2.75, 3.05) is 5.32 Å². The summed E-state index contributed by atoms with van der Waals surface area (Å²) in [7, 11) is -2.28. The van der Waals surface area contributed by atoms with E-state index in [1.807, 2.05) is 54.6 Å². The van der Waals surface area contributed by atoms with Crippen LogP contribution in [0.5, 0.6) is 0 Å². The summed E-state index contributed by atoms with van der Waals surface area (Å²) in [5, 5.41) is 3.52. The maximum absolute atomic E-state index is 11.0. The zero-order valence-corrected chi connectivity index (χ0v) is 11.1. The molecule has 0 saturated heterocycles. The number of hydrogen-bond donors (Lipinski definition) is 3. The van der Waals surface area contributed by atoms with Gasteiger partial charge in [0.15, 0.2) is 5.11 Å². The van der Waals surface area contributed by atoms with E-state index in [9.17, 15) is 4.55 Å². The van der Waals surface area contributed by atoms with Gasteiger partial charge in [0, 0.05) is 4.90 Å². The normalized spacial score (nSPS) is 25.3. The highest BCUT2D eigenvalue weighted by molar-refractivity contribution is 8.28. The molecule has 0 saturated carbocycles. The van der Waals surface area contributed by atoms with Gasteiger partial charge < -0.3 is 9.87 Å². The Bertz CT molecular complexity index is 603. The Balaban J connectivity index is 2.21. The molecule has 0 amide bonds. The van der Waals surface area contributed by atoms with Gasteiger partial charge in [-0.2, -0.15) is 0 Å². The molecular formula is C13H12N2OS2. The zero-order chi connectivity index (χ0) is 12.6. The minimum Gasteiger partial charge on any atom is -0.331 e. The molecule has 0 fully saturated rings. The summed E-state index contributed by atoms with van der Waals surface area (Å²) in [6.07, 6.45) is 0. The summed E-state index contributed by atoms with van der Waals surface area (Å²) in [5.41, 5.74) is 0.864. The third-order valence-corrected chi connectivity index (χ3v) is 5.56. The molecule has 2 aromatic rings. The molecule has 0 bridgehead atoms. The first kappa shape index (κ1) is 11.5. The summed E-state index contributed by atoms with van der Waals surface area (Å²) in [6.45, 7) is 0. The Hall–Kier alpha value is -1.56. The number of thiocarbonyl (C=S) groups is 1. The monoisotopic (exact) mass is 276 g/mol. The van der Waals surface area contributed by atoms with Crippen molar-refractivity contribution < 1.29 is 4.55 Å². The predicted molar refractivity (Wildman–Crippen MR) is 79.0 cm³/mol. The summed E-state index contributed by atoms with van der Waals surface area (Å²) in [5.74, 6) is 0. The van der Waals surface area contributed by atoms with Crippen LogP contribution >= 0.6 is 22.7 Å². The Kier molecular flexibility index (Phi) is 2.74. The largest absolute Gasteiger partial charge is 0.331 e. The van der Waals surface area contributed by atoms with Crippen molar-refractivity contribution in [3.63, 3.8) is 0 Å². The van der Waals surface area contributed by atoms with Gasteiger partial charge in [-0.3, -0.25) is 4.72 Å². The highest BCUT2D eigenvalue weighted by Gasteiger charge is 2.32. The van der Waals surface area contributed by atoms with Crippen molar-refractivity contribution in [1.82, 2.24) is 4.72 Å². The van der Waals surface area contributed by atoms with Crippen LogP contribution in [-0.4, -0.2) is 9.67 Å². The van der Waals surface area contributed by atoms with E-state index in [4.69, 9.17) is 12.2 Å². The van der Waals surface area contributed by atoms with Gasteiger partial charge in [0.05, 0.1) is 10.6 Å². The summed E-state index contributed by atoms with van der Waals surface area (Å²) >= 11 is 5.17. The second-order valence-electron chi connectivity index (χ2n) is 3.95. The number of nitrogens with one attached hydrogen (secondary N) is 2. The van der Waals surface area contributed by atoms with Crippen molar-refractivity contribution >= 4 is 33.5 Å². The summed E-state index contributed by atoms with van der Waals surface area (Å²) in [6, 6.07) is 17.2. The van der Waals surface area contributed by atoms with E-state index < -0.39 is 10.5 Å². The third-order valence-electron chi connectivity index (χ3n) is 2.78. The molecular weight excluding hydrogens is 264 g/mol. The Morgan fingerprint density at radius 3 is 2.39 bits per heavy atom. The number of para-hydroxylation sites is 1.